The van der Waals surface area contributed by atoms with Crippen molar-refractivity contribution in [3.63, 3.8) is 0 Å². The van der Waals surface area contributed by atoms with Crippen LogP contribution in [0.1, 0.15) is 22.8 Å². The van der Waals surface area contributed by atoms with Crippen LogP contribution in [0.4, 0.5) is 5.69 Å². The summed E-state index contributed by atoms with van der Waals surface area (Å²) in [4.78, 5) is 29.4. The Kier molecular flexibility index (Phi) is 6.10. The summed E-state index contributed by atoms with van der Waals surface area (Å²) in [5, 5.41) is 5.23. The highest BCUT2D eigenvalue weighted by Crippen LogP contribution is 2.18. The minimum absolute atomic E-state index is 0.00907. The van der Waals surface area contributed by atoms with E-state index in [0.29, 0.717) is 32.7 Å². The van der Waals surface area contributed by atoms with E-state index in [4.69, 9.17) is 0 Å². The van der Waals surface area contributed by atoms with Gasteiger partial charge in [-0.1, -0.05) is 55.5 Å². The second kappa shape index (κ2) is 9.09. The number of carbonyl (C=O) groups excluding carboxylic acids is 2. The van der Waals surface area contributed by atoms with Crippen molar-refractivity contribution >= 4 is 28.3 Å². The van der Waals surface area contributed by atoms with Crippen LogP contribution in [-0.4, -0.2) is 54.3 Å². The fraction of sp³-hybridized carbons (Fsp3) is 0.280. The second-order valence-electron chi connectivity index (χ2n) is 7.69. The molecular formula is C25H27N3O2. The monoisotopic (exact) mass is 401 g/mol. The van der Waals surface area contributed by atoms with Crippen molar-refractivity contribution in [2.45, 2.75) is 13.3 Å². The summed E-state index contributed by atoms with van der Waals surface area (Å²) in [6.07, 6.45) is 0.881. The summed E-state index contributed by atoms with van der Waals surface area (Å²) >= 11 is 0. The van der Waals surface area contributed by atoms with Gasteiger partial charge in [-0.25, -0.2) is 0 Å². The number of benzene rings is 3. The zero-order valence-electron chi connectivity index (χ0n) is 17.3. The van der Waals surface area contributed by atoms with Crippen molar-refractivity contribution in [1.82, 2.24) is 9.80 Å². The number of anilines is 1. The Morgan fingerprint density at radius 3 is 2.33 bits per heavy atom. The van der Waals surface area contributed by atoms with Gasteiger partial charge in [-0.05, 0) is 41.0 Å². The molecule has 0 radical (unpaired) electrons. The highest BCUT2D eigenvalue weighted by molar-refractivity contribution is 5.98. The first-order valence-corrected chi connectivity index (χ1v) is 10.5. The number of hydrogen-bond acceptors (Lipinski definition) is 3. The first kappa shape index (κ1) is 20.1. The Hall–Kier alpha value is -3.18. The van der Waals surface area contributed by atoms with Gasteiger partial charge in [-0.3, -0.25) is 14.5 Å². The maximum Gasteiger partial charge on any atom is 0.253 e. The van der Waals surface area contributed by atoms with E-state index < -0.39 is 0 Å². The molecule has 0 aromatic heterocycles. The smallest absolute Gasteiger partial charge is 0.253 e. The lowest BCUT2D eigenvalue weighted by atomic mass is 10.1. The van der Waals surface area contributed by atoms with Crippen LogP contribution in [0, 0.1) is 0 Å². The highest BCUT2D eigenvalue weighted by atomic mass is 16.2. The molecule has 0 spiro atoms. The Morgan fingerprint density at radius 1 is 0.867 bits per heavy atom. The number of rotatable bonds is 5. The highest BCUT2D eigenvalue weighted by Gasteiger charge is 2.23. The Balaban J connectivity index is 1.32. The predicted molar refractivity (Wildman–Crippen MR) is 121 cm³/mol. The molecule has 0 atom stereocenters. The zero-order valence-corrected chi connectivity index (χ0v) is 17.3. The van der Waals surface area contributed by atoms with E-state index >= 15 is 0 Å². The average Bonchev–Trinajstić information content (AvgIpc) is 2.79. The molecule has 1 heterocycles. The maximum atomic E-state index is 12.9. The molecule has 1 aliphatic heterocycles. The molecule has 3 aromatic rings. The number of hydrogen-bond donors (Lipinski definition) is 1. The van der Waals surface area contributed by atoms with Gasteiger partial charge in [0.25, 0.3) is 5.91 Å². The first-order chi connectivity index (χ1) is 14.6. The van der Waals surface area contributed by atoms with Crippen LogP contribution < -0.4 is 5.32 Å². The van der Waals surface area contributed by atoms with Crippen LogP contribution in [0.25, 0.3) is 10.8 Å². The van der Waals surface area contributed by atoms with Gasteiger partial charge in [0.1, 0.15) is 0 Å². The van der Waals surface area contributed by atoms with E-state index in [1.165, 1.54) is 0 Å². The summed E-state index contributed by atoms with van der Waals surface area (Å²) in [5.74, 6) is 0.0481. The topological polar surface area (TPSA) is 52.7 Å². The number of piperazine rings is 1. The molecule has 0 bridgehead atoms. The van der Waals surface area contributed by atoms with Crippen LogP contribution in [0.5, 0.6) is 0 Å². The largest absolute Gasteiger partial charge is 0.336 e. The Labute approximate surface area is 177 Å². The maximum absolute atomic E-state index is 12.9. The molecule has 1 N–H and O–H groups in total. The lowest BCUT2D eigenvalue weighted by Crippen LogP contribution is -2.50. The minimum Gasteiger partial charge on any atom is -0.336 e. The minimum atomic E-state index is -0.00907. The van der Waals surface area contributed by atoms with Gasteiger partial charge in [-0.15, -0.1) is 0 Å². The van der Waals surface area contributed by atoms with Gasteiger partial charge in [0.2, 0.25) is 5.91 Å². The van der Waals surface area contributed by atoms with Gasteiger partial charge >= 0.3 is 0 Å². The zero-order chi connectivity index (χ0) is 20.9. The van der Waals surface area contributed by atoms with Gasteiger partial charge in [0.05, 0.1) is 6.54 Å². The van der Waals surface area contributed by atoms with E-state index in [9.17, 15) is 9.59 Å². The molecule has 30 heavy (non-hydrogen) atoms. The molecule has 5 nitrogen and oxygen atoms in total. The molecule has 0 saturated carbocycles. The second-order valence-corrected chi connectivity index (χ2v) is 7.69. The summed E-state index contributed by atoms with van der Waals surface area (Å²) in [6, 6.07) is 21.8. The fourth-order valence-electron chi connectivity index (χ4n) is 3.96. The van der Waals surface area contributed by atoms with E-state index in [-0.39, 0.29) is 11.8 Å². The fourth-order valence-corrected chi connectivity index (χ4v) is 3.96. The molecule has 1 saturated heterocycles. The quantitative estimate of drug-likeness (QED) is 0.708. The van der Waals surface area contributed by atoms with Crippen molar-refractivity contribution in [3.05, 3.63) is 77.9 Å². The predicted octanol–water partition coefficient (Wildman–Crippen LogP) is 3.80. The molecule has 2 amide bonds. The van der Waals surface area contributed by atoms with Crippen LogP contribution in [-0.2, 0) is 11.2 Å². The van der Waals surface area contributed by atoms with Crippen molar-refractivity contribution < 1.29 is 9.59 Å². The number of amides is 2. The van der Waals surface area contributed by atoms with Crippen LogP contribution in [0.15, 0.2) is 66.7 Å². The van der Waals surface area contributed by atoms with Crippen LogP contribution in [0.3, 0.4) is 0 Å². The van der Waals surface area contributed by atoms with Crippen molar-refractivity contribution in [2.24, 2.45) is 0 Å². The molecule has 0 unspecified atom stereocenters. The van der Waals surface area contributed by atoms with Crippen LogP contribution in [0.2, 0.25) is 0 Å². The number of carbonyl (C=O) groups is 2. The van der Waals surface area contributed by atoms with Crippen molar-refractivity contribution in [3.8, 4) is 0 Å². The van der Waals surface area contributed by atoms with Crippen molar-refractivity contribution in [2.75, 3.05) is 38.0 Å². The molecule has 0 aliphatic carbocycles. The standard InChI is InChI=1S/C25H27N3O2/c1-2-19-7-5-6-10-23(19)26-24(29)18-27-13-15-28(16-14-27)25(30)22-12-11-20-8-3-4-9-21(20)17-22/h3-12,17H,2,13-16,18H2,1H3,(H,26,29). The van der Waals surface area contributed by atoms with Crippen LogP contribution >= 0.6 is 0 Å². The number of fused-ring (bicyclic) bond motifs is 1. The number of nitrogens with one attached hydrogen (secondary N) is 1. The third-order valence-electron chi connectivity index (χ3n) is 5.70. The molecular weight excluding hydrogens is 374 g/mol. The lowest BCUT2D eigenvalue weighted by molar-refractivity contribution is -0.117. The number of nitrogens with zero attached hydrogens (tertiary/aromatic N) is 2. The number of para-hydroxylation sites is 1. The summed E-state index contributed by atoms with van der Waals surface area (Å²) in [6.45, 7) is 5.08. The van der Waals surface area contributed by atoms with Gasteiger partial charge in [0, 0.05) is 37.4 Å². The average molecular weight is 402 g/mol. The molecule has 5 heteroatoms. The third kappa shape index (κ3) is 4.52. The van der Waals surface area contributed by atoms with E-state index in [0.717, 1.165) is 34.0 Å². The van der Waals surface area contributed by atoms with Gasteiger partial charge in [0.15, 0.2) is 0 Å². The Morgan fingerprint density at radius 2 is 1.57 bits per heavy atom. The molecule has 1 fully saturated rings. The molecule has 3 aromatic carbocycles. The Bertz CT molecular complexity index is 1050. The SMILES string of the molecule is CCc1ccccc1NC(=O)CN1CCN(C(=O)c2ccc3ccccc3c2)CC1. The van der Waals surface area contributed by atoms with Gasteiger partial charge < -0.3 is 10.2 Å². The molecule has 154 valence electrons. The van der Waals surface area contributed by atoms with E-state index in [1.807, 2.05) is 71.6 Å². The normalized spacial score (nSPS) is 14.6. The molecule has 4 rings (SSSR count). The third-order valence-corrected chi connectivity index (χ3v) is 5.70. The summed E-state index contributed by atoms with van der Waals surface area (Å²) in [7, 11) is 0. The summed E-state index contributed by atoms with van der Waals surface area (Å²) in [5.41, 5.74) is 2.74. The lowest BCUT2D eigenvalue weighted by Gasteiger charge is -2.34. The van der Waals surface area contributed by atoms with E-state index in [2.05, 4.69) is 17.1 Å². The van der Waals surface area contributed by atoms with E-state index in [1.54, 1.807) is 0 Å². The molecule has 1 aliphatic rings. The van der Waals surface area contributed by atoms with Gasteiger partial charge in [-0.2, -0.15) is 0 Å². The van der Waals surface area contributed by atoms with Crippen molar-refractivity contribution in [1.29, 1.82) is 0 Å². The first-order valence-electron chi connectivity index (χ1n) is 10.5. The number of aryl methyl sites for hydroxylation is 1. The summed E-state index contributed by atoms with van der Waals surface area (Å²) < 4.78 is 0.